The van der Waals surface area contributed by atoms with Gasteiger partial charge in [-0.1, -0.05) is 11.3 Å². The van der Waals surface area contributed by atoms with Crippen molar-refractivity contribution in [3.05, 3.63) is 17.3 Å². The third-order valence-corrected chi connectivity index (χ3v) is 6.60. The van der Waals surface area contributed by atoms with Gasteiger partial charge in [0.05, 0.1) is 4.75 Å². The van der Waals surface area contributed by atoms with Crippen LogP contribution < -0.4 is 5.32 Å². The van der Waals surface area contributed by atoms with Gasteiger partial charge in [-0.25, -0.2) is 13.4 Å². The molecule has 1 saturated carbocycles. The molecule has 2 N–H and O–H groups in total. The number of fused-ring (bicyclic) bond motifs is 1. The smallest absolute Gasteiger partial charge is 0.280 e. The maximum absolute atomic E-state index is 11.9. The van der Waals surface area contributed by atoms with E-state index in [9.17, 15) is 13.2 Å². The van der Waals surface area contributed by atoms with Crippen LogP contribution in [0.5, 0.6) is 0 Å². The summed E-state index contributed by atoms with van der Waals surface area (Å²) in [5, 5.41) is 3.03. The van der Waals surface area contributed by atoms with Gasteiger partial charge in [0.2, 0.25) is 0 Å². The van der Waals surface area contributed by atoms with Gasteiger partial charge in [0.15, 0.2) is 14.8 Å². The van der Waals surface area contributed by atoms with Gasteiger partial charge in [0.1, 0.15) is 10.3 Å². The monoisotopic (exact) mass is 299 g/mol. The lowest BCUT2D eigenvalue weighted by Crippen LogP contribution is -2.38. The molecule has 6 nitrogen and oxygen atoms in total. The summed E-state index contributed by atoms with van der Waals surface area (Å²) in [5.74, 6) is -0.315. The molecule has 1 aliphatic rings. The van der Waals surface area contributed by atoms with Gasteiger partial charge in [0.25, 0.3) is 5.91 Å². The zero-order valence-corrected chi connectivity index (χ0v) is 11.9. The van der Waals surface area contributed by atoms with Gasteiger partial charge in [-0.05, 0) is 18.9 Å². The summed E-state index contributed by atoms with van der Waals surface area (Å²) in [7, 11) is -3.12. The molecule has 0 aliphatic heterocycles. The van der Waals surface area contributed by atoms with Crippen molar-refractivity contribution in [2.24, 2.45) is 0 Å². The maximum atomic E-state index is 11.9. The normalized spacial score (nSPS) is 17.5. The van der Waals surface area contributed by atoms with E-state index >= 15 is 0 Å². The van der Waals surface area contributed by atoms with E-state index in [-0.39, 0.29) is 12.5 Å². The van der Waals surface area contributed by atoms with E-state index in [0.717, 1.165) is 10.3 Å². The molecule has 0 unspecified atom stereocenters. The SMILES string of the molecule is CS(=O)(=O)C1(CNC(=O)c2nc3cc[nH]c3s2)CC1. The topological polar surface area (TPSA) is 91.9 Å². The number of hydrogen-bond acceptors (Lipinski definition) is 5. The number of carbonyl (C=O) groups is 1. The Balaban J connectivity index is 1.71. The summed E-state index contributed by atoms with van der Waals surface area (Å²) in [6.45, 7) is 0.165. The highest BCUT2D eigenvalue weighted by atomic mass is 32.2. The lowest BCUT2D eigenvalue weighted by Gasteiger charge is -2.12. The molecule has 1 fully saturated rings. The molecule has 2 heterocycles. The highest BCUT2D eigenvalue weighted by molar-refractivity contribution is 7.92. The van der Waals surface area contributed by atoms with E-state index in [0.29, 0.717) is 17.8 Å². The third-order valence-electron chi connectivity index (χ3n) is 3.47. The molecule has 2 aromatic rings. The van der Waals surface area contributed by atoms with Crippen molar-refractivity contribution in [3.8, 4) is 0 Å². The Morgan fingerprint density at radius 3 is 2.89 bits per heavy atom. The second-order valence-electron chi connectivity index (χ2n) is 4.85. The fourth-order valence-electron chi connectivity index (χ4n) is 1.98. The highest BCUT2D eigenvalue weighted by Gasteiger charge is 2.52. The Hall–Kier alpha value is -1.41. The lowest BCUT2D eigenvalue weighted by molar-refractivity contribution is 0.0952. The maximum Gasteiger partial charge on any atom is 0.280 e. The quantitative estimate of drug-likeness (QED) is 0.878. The highest BCUT2D eigenvalue weighted by Crippen LogP contribution is 2.42. The van der Waals surface area contributed by atoms with Crippen molar-refractivity contribution >= 4 is 37.4 Å². The summed E-state index contributed by atoms with van der Waals surface area (Å²) < 4.78 is 22.4. The van der Waals surface area contributed by atoms with Crippen molar-refractivity contribution in [3.63, 3.8) is 0 Å². The van der Waals surface area contributed by atoms with Crippen LogP contribution in [0.1, 0.15) is 22.6 Å². The second kappa shape index (κ2) is 4.04. The van der Waals surface area contributed by atoms with Crippen molar-refractivity contribution in [2.45, 2.75) is 17.6 Å². The Kier molecular flexibility index (Phi) is 2.68. The number of sulfone groups is 1. The number of amides is 1. The molecule has 102 valence electrons. The summed E-state index contributed by atoms with van der Waals surface area (Å²) in [4.78, 5) is 19.9. The zero-order chi connectivity index (χ0) is 13.7. The number of aromatic amines is 1. The number of thiazole rings is 1. The second-order valence-corrected chi connectivity index (χ2v) is 8.26. The fourth-order valence-corrected chi connectivity index (χ4v) is 4.00. The van der Waals surface area contributed by atoms with E-state index < -0.39 is 14.6 Å². The first-order valence-corrected chi connectivity index (χ1v) is 8.54. The number of rotatable bonds is 4. The molecule has 0 saturated heterocycles. The van der Waals surface area contributed by atoms with Crippen molar-refractivity contribution in [2.75, 3.05) is 12.8 Å². The van der Waals surface area contributed by atoms with Crippen molar-refractivity contribution < 1.29 is 13.2 Å². The molecule has 0 spiro atoms. The Morgan fingerprint density at radius 2 is 2.32 bits per heavy atom. The average Bonchev–Trinajstić information content (AvgIpc) is 2.83. The Labute approximate surface area is 114 Å². The van der Waals surface area contributed by atoms with Gasteiger partial charge in [-0.2, -0.15) is 0 Å². The van der Waals surface area contributed by atoms with Crippen LogP contribution in [0.25, 0.3) is 10.3 Å². The van der Waals surface area contributed by atoms with E-state index in [2.05, 4.69) is 15.3 Å². The first kappa shape index (κ1) is 12.6. The largest absolute Gasteiger partial charge is 0.352 e. The Bertz CT molecular complexity index is 712. The molecule has 0 bridgehead atoms. The number of H-pyrrole nitrogens is 1. The van der Waals surface area contributed by atoms with Crippen LogP contribution in [0.15, 0.2) is 12.3 Å². The number of hydrogen-bond donors (Lipinski definition) is 2. The molecule has 1 aliphatic carbocycles. The van der Waals surface area contributed by atoms with Gasteiger partial charge in [0, 0.05) is 19.0 Å². The zero-order valence-electron chi connectivity index (χ0n) is 10.3. The minimum atomic E-state index is -3.12. The number of carbonyl (C=O) groups excluding carboxylic acids is 1. The summed E-state index contributed by atoms with van der Waals surface area (Å²) in [6.07, 6.45) is 4.22. The first-order valence-electron chi connectivity index (χ1n) is 5.83. The van der Waals surface area contributed by atoms with Crippen LogP contribution in [0, 0.1) is 0 Å². The van der Waals surface area contributed by atoms with Crippen molar-refractivity contribution in [1.82, 2.24) is 15.3 Å². The van der Waals surface area contributed by atoms with Crippen LogP contribution in [0.3, 0.4) is 0 Å². The summed E-state index contributed by atoms with van der Waals surface area (Å²) in [5.41, 5.74) is 0.749. The minimum Gasteiger partial charge on any atom is -0.352 e. The van der Waals surface area contributed by atoms with Crippen molar-refractivity contribution in [1.29, 1.82) is 0 Å². The molecular weight excluding hydrogens is 286 g/mol. The van der Waals surface area contributed by atoms with E-state index in [1.807, 2.05) is 0 Å². The van der Waals surface area contributed by atoms with Crippen LogP contribution >= 0.6 is 11.3 Å². The predicted octanol–water partition coefficient (Wildman–Crippen LogP) is 0.931. The van der Waals surface area contributed by atoms with Crippen LogP contribution in [0.2, 0.25) is 0 Å². The molecule has 0 aromatic carbocycles. The molecule has 0 radical (unpaired) electrons. The third kappa shape index (κ3) is 2.14. The van der Waals surface area contributed by atoms with Crippen LogP contribution in [-0.4, -0.2) is 41.8 Å². The van der Waals surface area contributed by atoms with Gasteiger partial charge >= 0.3 is 0 Å². The average molecular weight is 299 g/mol. The Morgan fingerprint density at radius 1 is 1.58 bits per heavy atom. The van der Waals surface area contributed by atoms with Crippen LogP contribution in [0.4, 0.5) is 0 Å². The predicted molar refractivity (Wildman–Crippen MR) is 73.1 cm³/mol. The van der Waals surface area contributed by atoms with Gasteiger partial charge in [-0.3, -0.25) is 4.79 Å². The standard InChI is InChI=1S/C11H13N3O3S2/c1-19(16,17)11(3-4-11)6-13-8(15)10-14-7-2-5-12-9(7)18-10/h2,5,12H,3-4,6H2,1H3,(H,13,15). The molecule has 1 amide bonds. The number of nitrogens with one attached hydrogen (secondary N) is 2. The molecule has 8 heteroatoms. The molecule has 3 rings (SSSR count). The summed E-state index contributed by atoms with van der Waals surface area (Å²) >= 11 is 1.26. The van der Waals surface area contributed by atoms with Crippen LogP contribution in [-0.2, 0) is 9.84 Å². The number of nitrogens with zero attached hydrogens (tertiary/aromatic N) is 1. The fraction of sp³-hybridized carbons (Fsp3) is 0.455. The first-order chi connectivity index (χ1) is 8.91. The lowest BCUT2D eigenvalue weighted by atomic mass is 10.4. The van der Waals surface area contributed by atoms with E-state index in [4.69, 9.17) is 0 Å². The molecule has 2 aromatic heterocycles. The van der Waals surface area contributed by atoms with E-state index in [1.54, 1.807) is 12.3 Å². The van der Waals surface area contributed by atoms with E-state index in [1.165, 1.54) is 17.6 Å². The minimum absolute atomic E-state index is 0.165. The molecule has 0 atom stereocenters. The molecule has 19 heavy (non-hydrogen) atoms. The number of aromatic nitrogens is 2. The van der Waals surface area contributed by atoms with Gasteiger partial charge < -0.3 is 10.3 Å². The summed E-state index contributed by atoms with van der Waals surface area (Å²) in [6, 6.07) is 1.79. The van der Waals surface area contributed by atoms with Gasteiger partial charge in [-0.15, -0.1) is 0 Å². The molecular formula is C11H13N3O3S2.